The molecule has 188 valence electrons. The zero-order valence-electron chi connectivity index (χ0n) is 19.8. The SMILES string of the molecule is O=C(Nc1ccc(N2CCCCC2)c(C(=O)NCCc2ccccc2)c1)c1cccc(C(F)(F)F)c1. The lowest BCUT2D eigenvalue weighted by Gasteiger charge is -2.30. The molecular formula is C28H28F3N3O2. The van der Waals surface area contributed by atoms with Crippen molar-refractivity contribution in [1.29, 1.82) is 0 Å². The molecule has 36 heavy (non-hydrogen) atoms. The van der Waals surface area contributed by atoms with E-state index in [9.17, 15) is 22.8 Å². The summed E-state index contributed by atoms with van der Waals surface area (Å²) in [5, 5.41) is 5.60. The average molecular weight is 496 g/mol. The van der Waals surface area contributed by atoms with Crippen LogP contribution in [-0.2, 0) is 12.6 Å². The molecule has 0 spiro atoms. The van der Waals surface area contributed by atoms with Crippen molar-refractivity contribution in [1.82, 2.24) is 5.32 Å². The van der Waals surface area contributed by atoms with E-state index in [1.807, 2.05) is 30.3 Å². The van der Waals surface area contributed by atoms with Crippen LogP contribution in [0.1, 0.15) is 51.1 Å². The summed E-state index contributed by atoms with van der Waals surface area (Å²) in [6.07, 6.45) is -0.665. The Labute approximate surface area is 208 Å². The largest absolute Gasteiger partial charge is 0.416 e. The van der Waals surface area contributed by atoms with E-state index < -0.39 is 17.6 Å². The molecule has 0 atom stereocenters. The number of hydrogen-bond donors (Lipinski definition) is 2. The second-order valence-electron chi connectivity index (χ2n) is 8.80. The Hall–Kier alpha value is -3.81. The summed E-state index contributed by atoms with van der Waals surface area (Å²) >= 11 is 0. The predicted octanol–water partition coefficient (Wildman–Crippen LogP) is 5.92. The topological polar surface area (TPSA) is 61.4 Å². The van der Waals surface area contributed by atoms with Crippen molar-refractivity contribution >= 4 is 23.2 Å². The van der Waals surface area contributed by atoms with E-state index >= 15 is 0 Å². The number of nitrogens with one attached hydrogen (secondary N) is 2. The molecule has 0 unspecified atom stereocenters. The highest BCUT2D eigenvalue weighted by Crippen LogP contribution is 2.30. The molecular weight excluding hydrogens is 467 g/mol. The smallest absolute Gasteiger partial charge is 0.371 e. The molecule has 3 aromatic rings. The van der Waals surface area contributed by atoms with Gasteiger partial charge in [0.25, 0.3) is 11.8 Å². The maximum Gasteiger partial charge on any atom is 0.416 e. The Kier molecular flexibility index (Phi) is 7.93. The number of amides is 2. The van der Waals surface area contributed by atoms with Crippen LogP contribution < -0.4 is 15.5 Å². The normalized spacial score (nSPS) is 13.8. The molecule has 1 saturated heterocycles. The van der Waals surface area contributed by atoms with Crippen LogP contribution in [0.15, 0.2) is 72.8 Å². The summed E-state index contributed by atoms with van der Waals surface area (Å²) in [7, 11) is 0. The molecule has 0 radical (unpaired) electrons. The minimum absolute atomic E-state index is 0.112. The lowest BCUT2D eigenvalue weighted by molar-refractivity contribution is -0.137. The Morgan fingerprint density at radius 2 is 1.58 bits per heavy atom. The third-order valence-electron chi connectivity index (χ3n) is 6.19. The van der Waals surface area contributed by atoms with Gasteiger partial charge in [0.1, 0.15) is 0 Å². The average Bonchev–Trinajstić information content (AvgIpc) is 2.89. The van der Waals surface area contributed by atoms with Crippen LogP contribution in [-0.4, -0.2) is 31.4 Å². The van der Waals surface area contributed by atoms with Gasteiger partial charge in [0, 0.05) is 36.6 Å². The fraction of sp³-hybridized carbons (Fsp3) is 0.286. The van der Waals surface area contributed by atoms with E-state index in [2.05, 4.69) is 15.5 Å². The fourth-order valence-electron chi connectivity index (χ4n) is 4.31. The standard InChI is InChI=1S/C28H28F3N3O2/c29-28(30,31)22-11-7-10-21(18-22)26(35)33-23-12-13-25(34-16-5-2-6-17-34)24(19-23)27(36)32-15-14-20-8-3-1-4-9-20/h1,3-4,7-13,18-19H,2,5-6,14-17H2,(H,32,36)(H,33,35). The number of carbonyl (C=O) groups is 2. The third-order valence-corrected chi connectivity index (χ3v) is 6.19. The Morgan fingerprint density at radius 1 is 0.833 bits per heavy atom. The number of carbonyl (C=O) groups excluding carboxylic acids is 2. The molecule has 1 aliphatic heterocycles. The molecule has 0 aliphatic carbocycles. The van der Waals surface area contributed by atoms with E-state index in [0.29, 0.717) is 24.2 Å². The monoisotopic (exact) mass is 495 g/mol. The second kappa shape index (κ2) is 11.3. The Bertz CT molecular complexity index is 1210. The van der Waals surface area contributed by atoms with Crippen molar-refractivity contribution in [2.45, 2.75) is 31.9 Å². The van der Waals surface area contributed by atoms with Gasteiger partial charge >= 0.3 is 6.18 Å². The summed E-state index contributed by atoms with van der Waals surface area (Å²) in [4.78, 5) is 28.0. The van der Waals surface area contributed by atoms with Crippen LogP contribution in [0.3, 0.4) is 0 Å². The Balaban J connectivity index is 1.53. The first-order chi connectivity index (χ1) is 17.3. The van der Waals surface area contributed by atoms with E-state index in [0.717, 1.165) is 55.7 Å². The van der Waals surface area contributed by atoms with Gasteiger partial charge in [-0.2, -0.15) is 13.2 Å². The summed E-state index contributed by atoms with van der Waals surface area (Å²) < 4.78 is 39.2. The minimum Gasteiger partial charge on any atom is -0.371 e. The molecule has 1 aliphatic rings. The first kappa shape index (κ1) is 25.3. The highest BCUT2D eigenvalue weighted by atomic mass is 19.4. The fourth-order valence-corrected chi connectivity index (χ4v) is 4.31. The third kappa shape index (κ3) is 6.44. The summed E-state index contributed by atoms with van der Waals surface area (Å²) in [6.45, 7) is 2.11. The lowest BCUT2D eigenvalue weighted by atomic mass is 10.0. The number of benzene rings is 3. The van der Waals surface area contributed by atoms with Gasteiger partial charge in [-0.05, 0) is 67.6 Å². The maximum absolute atomic E-state index is 13.2. The van der Waals surface area contributed by atoms with Gasteiger partial charge in [0.2, 0.25) is 0 Å². The number of nitrogens with zero attached hydrogens (tertiary/aromatic N) is 1. The quantitative estimate of drug-likeness (QED) is 0.428. The molecule has 0 aromatic heterocycles. The number of piperidine rings is 1. The molecule has 1 heterocycles. The van der Waals surface area contributed by atoms with Gasteiger partial charge in [0.05, 0.1) is 11.1 Å². The van der Waals surface area contributed by atoms with Crippen LogP contribution in [0.25, 0.3) is 0 Å². The van der Waals surface area contributed by atoms with Crippen molar-refractivity contribution in [2.75, 3.05) is 29.9 Å². The number of hydrogen-bond acceptors (Lipinski definition) is 3. The summed E-state index contributed by atoms with van der Waals surface area (Å²) in [5.41, 5.74) is 1.64. The number of rotatable bonds is 7. The summed E-state index contributed by atoms with van der Waals surface area (Å²) in [6, 6.07) is 19.1. The van der Waals surface area contributed by atoms with Crippen LogP contribution in [0.2, 0.25) is 0 Å². The molecule has 5 nitrogen and oxygen atoms in total. The van der Waals surface area contributed by atoms with Gasteiger partial charge in [-0.25, -0.2) is 0 Å². The van der Waals surface area contributed by atoms with Crippen molar-refractivity contribution in [3.63, 3.8) is 0 Å². The van der Waals surface area contributed by atoms with Gasteiger partial charge in [-0.15, -0.1) is 0 Å². The van der Waals surface area contributed by atoms with Crippen LogP contribution in [0.4, 0.5) is 24.5 Å². The predicted molar refractivity (Wildman–Crippen MR) is 134 cm³/mol. The number of anilines is 2. The first-order valence-electron chi connectivity index (χ1n) is 12.0. The molecule has 0 bridgehead atoms. The number of alkyl halides is 3. The summed E-state index contributed by atoms with van der Waals surface area (Å²) in [5.74, 6) is -0.941. The maximum atomic E-state index is 13.2. The van der Waals surface area contributed by atoms with E-state index in [1.165, 1.54) is 12.1 Å². The molecule has 1 fully saturated rings. The van der Waals surface area contributed by atoms with Crippen molar-refractivity contribution in [3.8, 4) is 0 Å². The van der Waals surface area contributed by atoms with E-state index in [1.54, 1.807) is 18.2 Å². The second-order valence-corrected chi connectivity index (χ2v) is 8.80. The minimum atomic E-state index is -4.54. The molecule has 8 heteroatoms. The number of halogens is 3. The van der Waals surface area contributed by atoms with Gasteiger partial charge in [-0.1, -0.05) is 36.4 Å². The van der Waals surface area contributed by atoms with Gasteiger partial charge < -0.3 is 15.5 Å². The highest BCUT2D eigenvalue weighted by molar-refractivity contribution is 6.06. The van der Waals surface area contributed by atoms with E-state index in [4.69, 9.17) is 0 Å². The van der Waals surface area contributed by atoms with Crippen LogP contribution >= 0.6 is 0 Å². The van der Waals surface area contributed by atoms with Gasteiger partial charge in [0.15, 0.2) is 0 Å². The van der Waals surface area contributed by atoms with Crippen LogP contribution in [0.5, 0.6) is 0 Å². The van der Waals surface area contributed by atoms with E-state index in [-0.39, 0.29) is 11.5 Å². The molecule has 0 saturated carbocycles. The zero-order valence-corrected chi connectivity index (χ0v) is 19.8. The van der Waals surface area contributed by atoms with Crippen LogP contribution in [0, 0.1) is 0 Å². The highest BCUT2D eigenvalue weighted by Gasteiger charge is 2.31. The molecule has 4 rings (SSSR count). The molecule has 2 N–H and O–H groups in total. The Morgan fingerprint density at radius 3 is 2.31 bits per heavy atom. The van der Waals surface area contributed by atoms with Crippen molar-refractivity contribution in [2.24, 2.45) is 0 Å². The zero-order chi connectivity index (χ0) is 25.5. The molecule has 3 aromatic carbocycles. The van der Waals surface area contributed by atoms with Crippen molar-refractivity contribution in [3.05, 3.63) is 95.1 Å². The lowest BCUT2D eigenvalue weighted by Crippen LogP contribution is -2.33. The van der Waals surface area contributed by atoms with Gasteiger partial charge in [-0.3, -0.25) is 9.59 Å². The molecule has 2 amide bonds. The van der Waals surface area contributed by atoms with Crippen molar-refractivity contribution < 1.29 is 22.8 Å². The first-order valence-corrected chi connectivity index (χ1v) is 12.0.